The van der Waals surface area contributed by atoms with E-state index < -0.39 is 0 Å². The number of para-hydroxylation sites is 1. The minimum atomic E-state index is 0.647. The predicted molar refractivity (Wildman–Crippen MR) is 105 cm³/mol. The Morgan fingerprint density at radius 3 is 2.85 bits per heavy atom. The molecule has 1 aliphatic heterocycles. The number of nitrogens with zero attached hydrogens (tertiary/aromatic N) is 1. The van der Waals surface area contributed by atoms with Crippen molar-refractivity contribution in [3.05, 3.63) is 59.3 Å². The highest BCUT2D eigenvalue weighted by atomic mass is 16.5. The molecular formula is C22H26N2O2. The number of hydrogen-bond donors (Lipinski definition) is 1. The fourth-order valence-electron chi connectivity index (χ4n) is 3.93. The number of aromatic nitrogens is 1. The summed E-state index contributed by atoms with van der Waals surface area (Å²) < 4.78 is 14.0. The van der Waals surface area contributed by atoms with Crippen LogP contribution in [-0.4, -0.2) is 31.4 Å². The molecule has 2 aromatic carbocycles. The lowest BCUT2D eigenvalue weighted by Crippen LogP contribution is -2.17. The third-order valence-corrected chi connectivity index (χ3v) is 5.17. The van der Waals surface area contributed by atoms with E-state index in [-0.39, 0.29) is 0 Å². The number of nitrogens with one attached hydrogen (secondary N) is 1. The highest BCUT2D eigenvalue weighted by Crippen LogP contribution is 2.30. The number of methoxy groups -OCH3 is 1. The molecule has 1 aromatic heterocycles. The van der Waals surface area contributed by atoms with Crippen LogP contribution in [0.4, 0.5) is 0 Å². The minimum Gasteiger partial charge on any atom is -0.493 e. The first-order valence-corrected chi connectivity index (χ1v) is 9.35. The van der Waals surface area contributed by atoms with Gasteiger partial charge in [-0.3, -0.25) is 0 Å². The van der Waals surface area contributed by atoms with Crippen LogP contribution in [-0.2, 0) is 19.4 Å². The van der Waals surface area contributed by atoms with Crippen molar-refractivity contribution in [1.29, 1.82) is 0 Å². The van der Waals surface area contributed by atoms with Gasteiger partial charge in [-0.05, 0) is 36.2 Å². The van der Waals surface area contributed by atoms with E-state index in [9.17, 15) is 0 Å². The van der Waals surface area contributed by atoms with Crippen LogP contribution >= 0.6 is 0 Å². The van der Waals surface area contributed by atoms with E-state index in [1.807, 2.05) is 12.1 Å². The van der Waals surface area contributed by atoms with E-state index in [1.54, 1.807) is 7.11 Å². The highest BCUT2D eigenvalue weighted by Gasteiger charge is 2.18. The van der Waals surface area contributed by atoms with Gasteiger partial charge in [-0.2, -0.15) is 0 Å². The first-order chi connectivity index (χ1) is 12.8. The Hall–Kier alpha value is -2.46. The first kappa shape index (κ1) is 17.0. The van der Waals surface area contributed by atoms with E-state index in [1.165, 1.54) is 27.7 Å². The van der Waals surface area contributed by atoms with Gasteiger partial charge in [0, 0.05) is 49.1 Å². The molecule has 0 radical (unpaired) electrons. The van der Waals surface area contributed by atoms with Crippen molar-refractivity contribution in [2.24, 2.45) is 0 Å². The smallest absolute Gasteiger partial charge is 0.161 e. The summed E-state index contributed by atoms with van der Waals surface area (Å²) >= 11 is 0. The third-order valence-electron chi connectivity index (χ3n) is 5.17. The highest BCUT2D eigenvalue weighted by molar-refractivity contribution is 5.85. The number of rotatable bonds is 5. The standard InChI is InChI=1S/C22H26N2O2/c1-16-7-8-21(22(15-16)25-2)26-14-10-18-17-5-3-4-6-19(17)24-13-12-23-11-9-20(18)24/h3-8,15,23H,9-14H2,1-2H3. The predicted octanol–water partition coefficient (Wildman–Crippen LogP) is 3.73. The molecule has 1 aliphatic rings. The van der Waals surface area contributed by atoms with Gasteiger partial charge in [-0.15, -0.1) is 0 Å². The van der Waals surface area contributed by atoms with Gasteiger partial charge in [0.15, 0.2) is 11.5 Å². The second-order valence-electron chi connectivity index (χ2n) is 6.85. The topological polar surface area (TPSA) is 35.4 Å². The van der Waals surface area contributed by atoms with Gasteiger partial charge in [0.25, 0.3) is 0 Å². The molecule has 0 amide bonds. The van der Waals surface area contributed by atoms with Crippen LogP contribution in [0.1, 0.15) is 16.8 Å². The zero-order chi connectivity index (χ0) is 17.9. The molecule has 4 rings (SSSR count). The Labute approximate surface area is 154 Å². The fraction of sp³-hybridized carbons (Fsp3) is 0.364. The minimum absolute atomic E-state index is 0.647. The van der Waals surface area contributed by atoms with Crippen molar-refractivity contribution in [2.45, 2.75) is 26.3 Å². The van der Waals surface area contributed by atoms with Crippen molar-refractivity contribution in [3.8, 4) is 11.5 Å². The number of ether oxygens (including phenoxy) is 2. The lowest BCUT2D eigenvalue weighted by molar-refractivity contribution is 0.297. The first-order valence-electron chi connectivity index (χ1n) is 9.35. The van der Waals surface area contributed by atoms with Crippen molar-refractivity contribution >= 4 is 10.9 Å². The monoisotopic (exact) mass is 350 g/mol. The molecule has 26 heavy (non-hydrogen) atoms. The van der Waals surface area contributed by atoms with E-state index >= 15 is 0 Å². The molecule has 0 unspecified atom stereocenters. The molecule has 2 heterocycles. The summed E-state index contributed by atoms with van der Waals surface area (Å²) in [4.78, 5) is 0. The van der Waals surface area contributed by atoms with E-state index in [4.69, 9.17) is 9.47 Å². The van der Waals surface area contributed by atoms with Crippen LogP contribution in [0.25, 0.3) is 10.9 Å². The third kappa shape index (κ3) is 3.17. The molecular weight excluding hydrogens is 324 g/mol. The summed E-state index contributed by atoms with van der Waals surface area (Å²) in [6.45, 7) is 5.80. The number of aryl methyl sites for hydroxylation is 1. The van der Waals surface area contributed by atoms with E-state index in [0.717, 1.165) is 44.0 Å². The van der Waals surface area contributed by atoms with Crippen molar-refractivity contribution < 1.29 is 9.47 Å². The normalized spacial score (nSPS) is 14.1. The van der Waals surface area contributed by atoms with Gasteiger partial charge in [0.2, 0.25) is 0 Å². The molecule has 1 N–H and O–H groups in total. The van der Waals surface area contributed by atoms with Crippen molar-refractivity contribution in [1.82, 2.24) is 9.88 Å². The Balaban J connectivity index is 1.59. The molecule has 3 aromatic rings. The molecule has 0 atom stereocenters. The second-order valence-corrected chi connectivity index (χ2v) is 6.85. The summed E-state index contributed by atoms with van der Waals surface area (Å²) in [6.07, 6.45) is 1.97. The largest absolute Gasteiger partial charge is 0.493 e. The summed E-state index contributed by atoms with van der Waals surface area (Å²) in [5.74, 6) is 1.61. The lowest BCUT2D eigenvalue weighted by Gasteiger charge is -2.12. The van der Waals surface area contributed by atoms with E-state index in [2.05, 4.69) is 47.1 Å². The maximum atomic E-state index is 6.08. The van der Waals surface area contributed by atoms with Gasteiger partial charge < -0.3 is 19.4 Å². The lowest BCUT2D eigenvalue weighted by atomic mass is 10.1. The summed E-state index contributed by atoms with van der Waals surface area (Å²) in [7, 11) is 1.69. The van der Waals surface area contributed by atoms with Gasteiger partial charge in [0.05, 0.1) is 13.7 Å². The van der Waals surface area contributed by atoms with Crippen LogP contribution in [0, 0.1) is 6.92 Å². The van der Waals surface area contributed by atoms with Crippen LogP contribution in [0.2, 0.25) is 0 Å². The van der Waals surface area contributed by atoms with Crippen molar-refractivity contribution in [2.75, 3.05) is 26.8 Å². The second kappa shape index (κ2) is 7.42. The van der Waals surface area contributed by atoms with Gasteiger partial charge >= 0.3 is 0 Å². The maximum Gasteiger partial charge on any atom is 0.161 e. The molecule has 136 valence electrons. The molecule has 0 aliphatic carbocycles. The van der Waals surface area contributed by atoms with E-state index in [0.29, 0.717) is 6.61 Å². The molecule has 4 heteroatoms. The Morgan fingerprint density at radius 1 is 1.08 bits per heavy atom. The molecule has 0 bridgehead atoms. The molecule has 0 fully saturated rings. The van der Waals surface area contributed by atoms with Crippen LogP contribution in [0.3, 0.4) is 0 Å². The SMILES string of the molecule is COc1cc(C)ccc1OCCc1c2n(c3ccccc13)CCNCC2. The average molecular weight is 350 g/mol. The van der Waals surface area contributed by atoms with Crippen LogP contribution in [0.5, 0.6) is 11.5 Å². The Kier molecular flexibility index (Phi) is 4.85. The van der Waals surface area contributed by atoms with Gasteiger partial charge in [-0.25, -0.2) is 0 Å². The fourth-order valence-corrected chi connectivity index (χ4v) is 3.93. The summed E-state index contributed by atoms with van der Waals surface area (Å²) in [5, 5.41) is 4.87. The molecule has 0 saturated carbocycles. The van der Waals surface area contributed by atoms with Crippen LogP contribution in [0.15, 0.2) is 42.5 Å². The maximum absolute atomic E-state index is 6.08. The summed E-state index contributed by atoms with van der Waals surface area (Å²) in [5.41, 5.74) is 5.39. The average Bonchev–Trinajstić information content (AvgIpc) is 2.81. The molecule has 4 nitrogen and oxygen atoms in total. The number of benzene rings is 2. The number of hydrogen-bond acceptors (Lipinski definition) is 3. The zero-order valence-electron chi connectivity index (χ0n) is 15.5. The van der Waals surface area contributed by atoms with Crippen LogP contribution < -0.4 is 14.8 Å². The Bertz CT molecular complexity index is 914. The zero-order valence-corrected chi connectivity index (χ0v) is 15.5. The van der Waals surface area contributed by atoms with Gasteiger partial charge in [0.1, 0.15) is 0 Å². The van der Waals surface area contributed by atoms with Gasteiger partial charge in [-0.1, -0.05) is 24.3 Å². The Morgan fingerprint density at radius 2 is 1.96 bits per heavy atom. The molecule has 0 spiro atoms. The number of fused-ring (bicyclic) bond motifs is 3. The quantitative estimate of drug-likeness (QED) is 0.762. The molecule has 0 saturated heterocycles. The summed E-state index contributed by atoms with van der Waals surface area (Å²) in [6, 6.07) is 14.8. The van der Waals surface area contributed by atoms with Crippen molar-refractivity contribution in [3.63, 3.8) is 0 Å².